The normalized spacial score (nSPS) is 12.0. The van der Waals surface area contributed by atoms with Crippen molar-refractivity contribution in [3.8, 4) is 40.3 Å². The lowest BCUT2D eigenvalue weighted by Crippen LogP contribution is -2.18. The summed E-state index contributed by atoms with van der Waals surface area (Å²) in [5.41, 5.74) is 1.62. The van der Waals surface area contributed by atoms with Gasteiger partial charge in [0.15, 0.2) is 15.7 Å². The fourth-order valence-electron chi connectivity index (χ4n) is 3.66. The summed E-state index contributed by atoms with van der Waals surface area (Å²) in [7, 11) is -0.0825. The van der Waals surface area contributed by atoms with Crippen LogP contribution in [0.3, 0.4) is 0 Å². The van der Waals surface area contributed by atoms with E-state index in [0.29, 0.717) is 47.7 Å². The van der Waals surface area contributed by atoms with Crippen molar-refractivity contribution >= 4 is 9.84 Å². The van der Waals surface area contributed by atoms with E-state index in [1.54, 1.807) is 50.7 Å². The lowest BCUT2D eigenvalue weighted by Gasteiger charge is -2.16. The number of aromatic nitrogens is 2. The second kappa shape index (κ2) is 12.6. The largest absolute Gasteiger partial charge is 0.497 e. The third kappa shape index (κ3) is 7.92. The summed E-state index contributed by atoms with van der Waals surface area (Å²) >= 11 is 0. The molecule has 9 nitrogen and oxygen atoms in total. The molecular formula is C29H30N2O7S. The lowest BCUT2D eigenvalue weighted by molar-refractivity contribution is 0.0920. The minimum absolute atomic E-state index is 0.209. The van der Waals surface area contributed by atoms with Crippen LogP contribution in [0.2, 0.25) is 0 Å². The van der Waals surface area contributed by atoms with E-state index in [9.17, 15) is 8.42 Å². The van der Waals surface area contributed by atoms with Gasteiger partial charge in [0.2, 0.25) is 5.88 Å². The first-order valence-electron chi connectivity index (χ1n) is 12.1. The maximum atomic E-state index is 11.8. The molecule has 4 aromatic rings. The van der Waals surface area contributed by atoms with Crippen molar-refractivity contribution in [1.29, 1.82) is 0 Å². The van der Waals surface area contributed by atoms with E-state index in [2.05, 4.69) is 9.97 Å². The molecule has 1 aromatic heterocycles. The van der Waals surface area contributed by atoms with Gasteiger partial charge < -0.3 is 23.7 Å². The van der Waals surface area contributed by atoms with E-state index in [1.807, 2.05) is 37.3 Å². The van der Waals surface area contributed by atoms with Crippen LogP contribution in [0, 0.1) is 0 Å². The van der Waals surface area contributed by atoms with Gasteiger partial charge in [0, 0.05) is 37.3 Å². The molecule has 0 aliphatic carbocycles. The molecule has 1 heterocycles. The Morgan fingerprint density at radius 2 is 1.54 bits per heavy atom. The third-order valence-corrected chi connectivity index (χ3v) is 6.67. The third-order valence-electron chi connectivity index (χ3n) is 5.54. The molecule has 39 heavy (non-hydrogen) atoms. The van der Waals surface area contributed by atoms with Crippen LogP contribution in [-0.4, -0.2) is 51.6 Å². The first kappa shape index (κ1) is 27.9. The second-order valence-corrected chi connectivity index (χ2v) is 10.8. The molecule has 0 fully saturated rings. The number of hydrogen-bond donors (Lipinski definition) is 0. The maximum Gasteiger partial charge on any atom is 0.217 e. The summed E-state index contributed by atoms with van der Waals surface area (Å²) in [5.74, 6) is 3.07. The van der Waals surface area contributed by atoms with E-state index < -0.39 is 9.84 Å². The Bertz CT molecular complexity index is 1490. The molecule has 0 saturated carbocycles. The number of benzene rings is 3. The zero-order valence-electron chi connectivity index (χ0n) is 22.2. The molecule has 10 heteroatoms. The molecule has 0 amide bonds. The smallest absolute Gasteiger partial charge is 0.217 e. The predicted octanol–water partition coefficient (Wildman–Crippen LogP) is 5.34. The topological polar surface area (TPSA) is 106 Å². The van der Waals surface area contributed by atoms with Gasteiger partial charge in [0.1, 0.15) is 35.7 Å². The van der Waals surface area contributed by atoms with Gasteiger partial charge in [0.05, 0.1) is 18.6 Å². The van der Waals surface area contributed by atoms with E-state index in [4.69, 9.17) is 23.7 Å². The molecular weight excluding hydrogens is 520 g/mol. The van der Waals surface area contributed by atoms with Crippen molar-refractivity contribution in [2.45, 2.75) is 24.5 Å². The van der Waals surface area contributed by atoms with Crippen LogP contribution in [0.1, 0.15) is 12.5 Å². The van der Waals surface area contributed by atoms with Gasteiger partial charge in [-0.2, -0.15) is 4.98 Å². The van der Waals surface area contributed by atoms with Crippen LogP contribution >= 0.6 is 0 Å². The molecule has 3 aromatic carbocycles. The molecule has 1 atom stereocenters. The van der Waals surface area contributed by atoms with Crippen LogP contribution in [-0.2, 0) is 21.2 Å². The van der Waals surface area contributed by atoms with E-state index >= 15 is 0 Å². The highest BCUT2D eigenvalue weighted by Crippen LogP contribution is 2.32. The summed E-state index contributed by atoms with van der Waals surface area (Å²) in [4.78, 5) is 9.20. The fraction of sp³-hybridized carbons (Fsp3) is 0.241. The highest BCUT2D eigenvalue weighted by Gasteiger charge is 2.13. The van der Waals surface area contributed by atoms with Crippen molar-refractivity contribution in [2.75, 3.05) is 27.1 Å². The average molecular weight is 551 g/mol. The van der Waals surface area contributed by atoms with Gasteiger partial charge in [-0.3, -0.25) is 0 Å². The van der Waals surface area contributed by atoms with Gasteiger partial charge >= 0.3 is 0 Å². The van der Waals surface area contributed by atoms with Crippen molar-refractivity contribution in [3.05, 3.63) is 84.6 Å². The second-order valence-electron chi connectivity index (χ2n) is 8.78. The maximum absolute atomic E-state index is 11.8. The number of methoxy groups -OCH3 is 2. The molecule has 4 rings (SSSR count). The summed E-state index contributed by atoms with van der Waals surface area (Å²) in [6, 6.07) is 20.8. The Kier molecular flexibility index (Phi) is 9.00. The fourth-order valence-corrected chi connectivity index (χ4v) is 4.29. The quantitative estimate of drug-likeness (QED) is 0.231. The number of hydrogen-bond acceptors (Lipinski definition) is 9. The van der Waals surface area contributed by atoms with Crippen molar-refractivity contribution in [3.63, 3.8) is 0 Å². The number of nitrogens with zero attached hydrogens (tertiary/aromatic N) is 2. The number of sulfone groups is 1. The van der Waals surface area contributed by atoms with E-state index in [0.717, 1.165) is 17.6 Å². The molecule has 0 aliphatic rings. The van der Waals surface area contributed by atoms with Crippen LogP contribution in [0.4, 0.5) is 0 Å². The lowest BCUT2D eigenvalue weighted by atomic mass is 10.2. The minimum atomic E-state index is -3.31. The molecule has 0 N–H and O–H groups in total. The van der Waals surface area contributed by atoms with Crippen LogP contribution in [0.5, 0.6) is 28.9 Å². The number of rotatable bonds is 12. The van der Waals surface area contributed by atoms with Crippen LogP contribution < -0.4 is 18.9 Å². The summed E-state index contributed by atoms with van der Waals surface area (Å²) in [6.45, 7) is 2.62. The number of ether oxygens (including phenoxy) is 5. The molecule has 0 saturated heterocycles. The standard InChI is InChI=1S/C29H30N2O7S/c1-20(18-34-2)37-25-15-22(16-26(17-25)38-24-9-11-27(12-10-24)39(4,32)33)29-30-14-13-28(31-29)36-19-21-5-7-23(35-3)8-6-21/h5-17,20H,18-19H2,1-4H3/t20-/m0/s1. The zero-order valence-corrected chi connectivity index (χ0v) is 23.0. The Hall–Kier alpha value is -4.15. The summed E-state index contributed by atoms with van der Waals surface area (Å²) in [5, 5.41) is 0. The minimum Gasteiger partial charge on any atom is -0.497 e. The first-order chi connectivity index (χ1) is 18.7. The Labute approximate surface area is 228 Å². The van der Waals surface area contributed by atoms with Crippen molar-refractivity contribution < 1.29 is 32.1 Å². The summed E-state index contributed by atoms with van der Waals surface area (Å²) in [6.07, 6.45) is 2.57. The van der Waals surface area contributed by atoms with Crippen molar-refractivity contribution in [1.82, 2.24) is 9.97 Å². The van der Waals surface area contributed by atoms with Crippen molar-refractivity contribution in [2.24, 2.45) is 0 Å². The monoisotopic (exact) mass is 550 g/mol. The van der Waals surface area contributed by atoms with E-state index in [1.165, 1.54) is 12.1 Å². The molecule has 0 unspecified atom stereocenters. The van der Waals surface area contributed by atoms with Gasteiger partial charge in [-0.1, -0.05) is 12.1 Å². The molecule has 0 aliphatic heterocycles. The van der Waals surface area contributed by atoms with Gasteiger partial charge in [-0.15, -0.1) is 0 Å². The van der Waals surface area contributed by atoms with Crippen LogP contribution in [0.25, 0.3) is 11.4 Å². The summed E-state index contributed by atoms with van der Waals surface area (Å²) < 4.78 is 51.9. The Morgan fingerprint density at radius 3 is 2.21 bits per heavy atom. The molecule has 0 bridgehead atoms. The first-order valence-corrected chi connectivity index (χ1v) is 14.0. The predicted molar refractivity (Wildman–Crippen MR) is 146 cm³/mol. The molecule has 204 valence electrons. The van der Waals surface area contributed by atoms with Gasteiger partial charge in [-0.25, -0.2) is 13.4 Å². The highest BCUT2D eigenvalue weighted by molar-refractivity contribution is 7.90. The zero-order chi connectivity index (χ0) is 27.8. The van der Waals surface area contributed by atoms with Gasteiger partial charge in [-0.05, 0) is 61.0 Å². The molecule has 0 radical (unpaired) electrons. The van der Waals surface area contributed by atoms with E-state index in [-0.39, 0.29) is 11.0 Å². The van der Waals surface area contributed by atoms with Gasteiger partial charge in [0.25, 0.3) is 0 Å². The Morgan fingerprint density at radius 1 is 0.846 bits per heavy atom. The highest BCUT2D eigenvalue weighted by atomic mass is 32.2. The molecule has 0 spiro atoms. The van der Waals surface area contributed by atoms with Crippen LogP contribution in [0.15, 0.2) is 83.9 Å². The SMILES string of the molecule is COC[C@H](C)Oc1cc(Oc2ccc(S(C)(=O)=O)cc2)cc(-c2nccc(OCc3ccc(OC)cc3)n2)c1. The average Bonchev–Trinajstić information content (AvgIpc) is 2.92. The Balaban J connectivity index is 1.59.